The molecule has 2 rings (SSSR count). The molecule has 1 aromatic rings. The highest BCUT2D eigenvalue weighted by molar-refractivity contribution is 4.98. The minimum atomic E-state index is 0.274. The number of nitrogens with one attached hydrogen (secondary N) is 1. The minimum Gasteiger partial charge on any atom is -0.339 e. The lowest BCUT2D eigenvalue weighted by molar-refractivity contribution is 0.332. The third kappa shape index (κ3) is 2.56. The molecule has 0 bridgehead atoms. The van der Waals surface area contributed by atoms with E-state index in [1.807, 2.05) is 7.05 Å². The molecule has 2 atom stereocenters. The van der Waals surface area contributed by atoms with Gasteiger partial charge in [-0.05, 0) is 32.7 Å². The van der Waals surface area contributed by atoms with Crippen molar-refractivity contribution in [1.29, 1.82) is 0 Å². The minimum absolute atomic E-state index is 0.274. The fourth-order valence-electron chi connectivity index (χ4n) is 1.58. The highest BCUT2D eigenvalue weighted by atomic mass is 16.5. The fourth-order valence-corrected chi connectivity index (χ4v) is 1.58. The van der Waals surface area contributed by atoms with E-state index in [2.05, 4.69) is 29.3 Å². The summed E-state index contributed by atoms with van der Waals surface area (Å²) in [6, 6.07) is 0.360. The largest absolute Gasteiger partial charge is 0.339 e. The Morgan fingerprint density at radius 1 is 1.47 bits per heavy atom. The normalized spacial score (nSPS) is 20.2. The second-order valence-electron chi connectivity index (χ2n) is 4.56. The number of aromatic nitrogens is 2. The first kappa shape index (κ1) is 10.6. The molecule has 84 valence electrons. The molecule has 0 amide bonds. The van der Waals surface area contributed by atoms with Gasteiger partial charge in [-0.25, -0.2) is 0 Å². The van der Waals surface area contributed by atoms with Gasteiger partial charge in [0.1, 0.15) is 0 Å². The van der Waals surface area contributed by atoms with Gasteiger partial charge in [-0.2, -0.15) is 4.98 Å². The molecule has 1 aliphatic rings. The predicted molar refractivity (Wildman–Crippen MR) is 57.7 cm³/mol. The molecule has 0 radical (unpaired) electrons. The van der Waals surface area contributed by atoms with Crippen molar-refractivity contribution in [3.8, 4) is 0 Å². The lowest BCUT2D eigenvalue weighted by Crippen LogP contribution is -2.27. The van der Waals surface area contributed by atoms with Gasteiger partial charge in [-0.3, -0.25) is 0 Å². The van der Waals surface area contributed by atoms with Crippen LogP contribution in [0.1, 0.15) is 44.3 Å². The Morgan fingerprint density at radius 3 is 2.80 bits per heavy atom. The van der Waals surface area contributed by atoms with Gasteiger partial charge < -0.3 is 9.84 Å². The third-order valence-electron chi connectivity index (χ3n) is 3.25. The molecule has 15 heavy (non-hydrogen) atoms. The van der Waals surface area contributed by atoms with Crippen LogP contribution >= 0.6 is 0 Å². The van der Waals surface area contributed by atoms with Crippen molar-refractivity contribution in [2.75, 3.05) is 7.05 Å². The van der Waals surface area contributed by atoms with Gasteiger partial charge in [0.2, 0.25) is 5.89 Å². The van der Waals surface area contributed by atoms with E-state index in [9.17, 15) is 0 Å². The second kappa shape index (κ2) is 4.31. The Morgan fingerprint density at radius 2 is 2.20 bits per heavy atom. The Labute approximate surface area is 90.4 Å². The summed E-state index contributed by atoms with van der Waals surface area (Å²) in [5, 5.41) is 7.22. The maximum absolute atomic E-state index is 5.28. The Kier molecular flexibility index (Phi) is 3.05. The first-order chi connectivity index (χ1) is 7.20. The van der Waals surface area contributed by atoms with E-state index in [0.717, 1.165) is 24.1 Å². The maximum atomic E-state index is 5.28. The number of hydrogen-bond acceptors (Lipinski definition) is 4. The van der Waals surface area contributed by atoms with Crippen LogP contribution in [0.2, 0.25) is 0 Å². The van der Waals surface area contributed by atoms with Crippen molar-refractivity contribution in [3.05, 3.63) is 11.7 Å². The Bertz CT molecular complexity index is 319. The van der Waals surface area contributed by atoms with Crippen molar-refractivity contribution in [3.63, 3.8) is 0 Å². The molecule has 4 heteroatoms. The molecule has 2 unspecified atom stereocenters. The molecule has 1 heterocycles. The van der Waals surface area contributed by atoms with Gasteiger partial charge in [0.15, 0.2) is 5.82 Å². The molecule has 0 saturated heterocycles. The standard InChI is InChI=1S/C11H19N3O/c1-7(8(2)12-3)11-13-10(14-15-11)6-9-4-5-9/h7-9,12H,4-6H2,1-3H3. The first-order valence-electron chi connectivity index (χ1n) is 5.70. The molecule has 0 spiro atoms. The number of hydrogen-bond donors (Lipinski definition) is 1. The van der Waals surface area contributed by atoms with Gasteiger partial charge >= 0.3 is 0 Å². The summed E-state index contributed by atoms with van der Waals surface area (Å²) in [4.78, 5) is 4.44. The molecule has 4 nitrogen and oxygen atoms in total. The lowest BCUT2D eigenvalue weighted by Gasteiger charge is -2.14. The van der Waals surface area contributed by atoms with E-state index >= 15 is 0 Å². The predicted octanol–water partition coefficient (Wildman–Crippen LogP) is 1.73. The zero-order valence-electron chi connectivity index (χ0n) is 9.66. The number of nitrogens with zero attached hydrogens (tertiary/aromatic N) is 2. The van der Waals surface area contributed by atoms with Crippen LogP contribution in [0.25, 0.3) is 0 Å². The van der Waals surface area contributed by atoms with Crippen LogP contribution < -0.4 is 5.32 Å². The quantitative estimate of drug-likeness (QED) is 0.802. The topological polar surface area (TPSA) is 51.0 Å². The summed E-state index contributed by atoms with van der Waals surface area (Å²) in [7, 11) is 1.95. The van der Waals surface area contributed by atoms with Crippen LogP contribution in [0, 0.1) is 5.92 Å². The van der Waals surface area contributed by atoms with Gasteiger partial charge in [0.25, 0.3) is 0 Å². The highest BCUT2D eigenvalue weighted by Crippen LogP contribution is 2.32. The molecule has 1 saturated carbocycles. The summed E-state index contributed by atoms with van der Waals surface area (Å²) < 4.78 is 5.28. The zero-order chi connectivity index (χ0) is 10.8. The summed E-state index contributed by atoms with van der Waals surface area (Å²) >= 11 is 0. The van der Waals surface area contributed by atoms with Gasteiger partial charge in [0, 0.05) is 12.5 Å². The van der Waals surface area contributed by atoms with Crippen LogP contribution in [0.5, 0.6) is 0 Å². The fraction of sp³-hybridized carbons (Fsp3) is 0.818. The molecule has 1 aromatic heterocycles. The molecule has 0 aromatic carbocycles. The van der Waals surface area contributed by atoms with E-state index < -0.39 is 0 Å². The third-order valence-corrected chi connectivity index (χ3v) is 3.25. The van der Waals surface area contributed by atoms with Crippen LogP contribution in [0.4, 0.5) is 0 Å². The smallest absolute Gasteiger partial charge is 0.231 e. The van der Waals surface area contributed by atoms with Gasteiger partial charge in [-0.1, -0.05) is 12.1 Å². The Balaban J connectivity index is 1.98. The van der Waals surface area contributed by atoms with Crippen molar-refractivity contribution in [1.82, 2.24) is 15.5 Å². The summed E-state index contributed by atoms with van der Waals surface area (Å²) in [6.07, 6.45) is 3.64. The van der Waals surface area contributed by atoms with E-state index in [4.69, 9.17) is 4.52 Å². The molecule has 1 fully saturated rings. The molecule has 0 aliphatic heterocycles. The zero-order valence-corrected chi connectivity index (χ0v) is 9.66. The average Bonchev–Trinajstić information content (AvgIpc) is 2.93. The number of rotatable bonds is 5. The summed E-state index contributed by atoms with van der Waals surface area (Å²) in [5.74, 6) is 2.72. The van der Waals surface area contributed by atoms with E-state index in [-0.39, 0.29) is 5.92 Å². The monoisotopic (exact) mass is 209 g/mol. The van der Waals surface area contributed by atoms with Crippen LogP contribution in [-0.2, 0) is 6.42 Å². The SMILES string of the molecule is CNC(C)C(C)c1nc(CC2CC2)no1. The van der Waals surface area contributed by atoms with Crippen molar-refractivity contribution < 1.29 is 4.52 Å². The molecule has 1 N–H and O–H groups in total. The van der Waals surface area contributed by atoms with E-state index in [0.29, 0.717) is 6.04 Å². The summed E-state index contributed by atoms with van der Waals surface area (Å²) in [6.45, 7) is 4.23. The van der Waals surface area contributed by atoms with Crippen molar-refractivity contribution in [2.45, 2.75) is 45.1 Å². The lowest BCUT2D eigenvalue weighted by atomic mass is 10.0. The maximum Gasteiger partial charge on any atom is 0.231 e. The van der Waals surface area contributed by atoms with Gasteiger partial charge in [-0.15, -0.1) is 0 Å². The highest BCUT2D eigenvalue weighted by Gasteiger charge is 2.25. The van der Waals surface area contributed by atoms with Crippen LogP contribution in [0.15, 0.2) is 4.52 Å². The first-order valence-corrected chi connectivity index (χ1v) is 5.70. The second-order valence-corrected chi connectivity index (χ2v) is 4.56. The van der Waals surface area contributed by atoms with Crippen LogP contribution in [0.3, 0.4) is 0 Å². The molecule has 1 aliphatic carbocycles. The Hall–Kier alpha value is -0.900. The van der Waals surface area contributed by atoms with Crippen molar-refractivity contribution in [2.24, 2.45) is 5.92 Å². The molecular weight excluding hydrogens is 190 g/mol. The summed E-state index contributed by atoms with van der Waals surface area (Å²) in [5.41, 5.74) is 0. The van der Waals surface area contributed by atoms with Crippen LogP contribution in [-0.4, -0.2) is 23.2 Å². The van der Waals surface area contributed by atoms with Gasteiger partial charge in [0.05, 0.1) is 5.92 Å². The van der Waals surface area contributed by atoms with Crippen molar-refractivity contribution >= 4 is 0 Å². The molecular formula is C11H19N3O. The average molecular weight is 209 g/mol. The number of likely N-dealkylation sites (N-methyl/N-ethyl adjacent to an activating group) is 1. The van der Waals surface area contributed by atoms with E-state index in [1.54, 1.807) is 0 Å². The van der Waals surface area contributed by atoms with E-state index in [1.165, 1.54) is 12.8 Å².